The highest BCUT2D eigenvalue weighted by Gasteiger charge is 2.35. The zero-order valence-corrected chi connectivity index (χ0v) is 14.2. The van der Waals surface area contributed by atoms with Crippen LogP contribution in [0.4, 0.5) is 0 Å². The molecule has 0 unspecified atom stereocenters. The van der Waals surface area contributed by atoms with Gasteiger partial charge in [-0.3, -0.25) is 0 Å². The molecule has 3 rings (SSSR count). The summed E-state index contributed by atoms with van der Waals surface area (Å²) in [5.41, 5.74) is 2.66. The van der Waals surface area contributed by atoms with Crippen molar-refractivity contribution in [1.82, 2.24) is 4.13 Å². The fourth-order valence-electron chi connectivity index (χ4n) is 2.79. The molecular formula is C16H17NO4S2. The van der Waals surface area contributed by atoms with E-state index >= 15 is 0 Å². The number of hydrogen-bond acceptors (Lipinski definition) is 4. The number of sulfonamides is 2. The van der Waals surface area contributed by atoms with Gasteiger partial charge in [-0.15, -0.1) is 4.13 Å². The summed E-state index contributed by atoms with van der Waals surface area (Å²) in [5, 5.41) is -0.764. The van der Waals surface area contributed by atoms with Gasteiger partial charge in [0, 0.05) is 0 Å². The molecule has 0 bridgehead atoms. The summed E-state index contributed by atoms with van der Waals surface area (Å²) < 4.78 is 51.5. The van der Waals surface area contributed by atoms with E-state index in [2.05, 4.69) is 0 Å². The first-order valence-electron chi connectivity index (χ1n) is 7.19. The molecule has 0 atom stereocenters. The minimum Gasteiger partial charge on any atom is -0.211 e. The molecule has 1 N–H and O–H groups in total. The van der Waals surface area contributed by atoms with E-state index in [1.807, 2.05) is 28.4 Å². The van der Waals surface area contributed by atoms with Gasteiger partial charge in [0.15, 0.2) is 0 Å². The Balaban J connectivity index is 1.85. The van der Waals surface area contributed by atoms with E-state index in [0.29, 0.717) is 12.8 Å². The van der Waals surface area contributed by atoms with Crippen molar-refractivity contribution < 1.29 is 16.8 Å². The lowest BCUT2D eigenvalue weighted by atomic mass is 10.1. The van der Waals surface area contributed by atoms with Gasteiger partial charge in [-0.1, -0.05) is 36.4 Å². The molecular weight excluding hydrogens is 334 g/mol. The molecule has 1 aliphatic rings. The van der Waals surface area contributed by atoms with E-state index in [4.69, 9.17) is 0 Å². The third-order valence-electron chi connectivity index (χ3n) is 3.98. The fourth-order valence-corrected chi connectivity index (χ4v) is 6.34. The molecule has 0 spiro atoms. The lowest BCUT2D eigenvalue weighted by Crippen LogP contribution is -2.38. The predicted molar refractivity (Wildman–Crippen MR) is 88.1 cm³/mol. The van der Waals surface area contributed by atoms with E-state index in [0.717, 1.165) is 16.7 Å². The molecule has 0 heterocycles. The number of nitrogens with one attached hydrogen (secondary N) is 1. The minimum absolute atomic E-state index is 0.0448. The normalized spacial score (nSPS) is 15.5. The Morgan fingerprint density at radius 2 is 1.52 bits per heavy atom. The molecule has 7 heteroatoms. The number of hydrogen-bond donors (Lipinski definition) is 1. The minimum atomic E-state index is -4.10. The molecule has 5 nitrogen and oxygen atoms in total. The van der Waals surface area contributed by atoms with Crippen LogP contribution in [-0.2, 0) is 32.9 Å². The summed E-state index contributed by atoms with van der Waals surface area (Å²) in [6, 6.07) is 13.6. The summed E-state index contributed by atoms with van der Waals surface area (Å²) in [5.74, 6) is 0. The lowest BCUT2D eigenvalue weighted by Gasteiger charge is -2.13. The van der Waals surface area contributed by atoms with Gasteiger partial charge in [0.1, 0.15) is 0 Å². The molecule has 2 aromatic carbocycles. The van der Waals surface area contributed by atoms with Gasteiger partial charge in [-0.2, -0.15) is 0 Å². The Bertz CT molecular complexity index is 925. The van der Waals surface area contributed by atoms with Gasteiger partial charge in [0.2, 0.25) is 10.0 Å². The molecule has 23 heavy (non-hydrogen) atoms. The van der Waals surface area contributed by atoms with E-state index in [1.54, 1.807) is 19.1 Å². The third-order valence-corrected chi connectivity index (χ3v) is 7.87. The summed E-state index contributed by atoms with van der Waals surface area (Å²) in [7, 11) is -8.09. The lowest BCUT2D eigenvalue weighted by molar-refractivity contribution is 0.567. The van der Waals surface area contributed by atoms with Crippen molar-refractivity contribution in [2.45, 2.75) is 29.9 Å². The summed E-state index contributed by atoms with van der Waals surface area (Å²) in [6.07, 6.45) is 0.656. The van der Waals surface area contributed by atoms with Crippen LogP contribution in [0.2, 0.25) is 0 Å². The van der Waals surface area contributed by atoms with Crippen LogP contribution < -0.4 is 4.13 Å². The molecule has 0 aromatic heterocycles. The Kier molecular flexibility index (Phi) is 4.03. The summed E-state index contributed by atoms with van der Waals surface area (Å²) >= 11 is 0. The first kappa shape index (κ1) is 16.2. The van der Waals surface area contributed by atoms with Crippen LogP contribution in [0.15, 0.2) is 53.4 Å². The van der Waals surface area contributed by atoms with Crippen molar-refractivity contribution in [3.63, 3.8) is 0 Å². The fraction of sp³-hybridized carbons (Fsp3) is 0.250. The van der Waals surface area contributed by atoms with Crippen molar-refractivity contribution >= 4 is 20.0 Å². The average Bonchev–Trinajstić information content (AvgIpc) is 2.91. The van der Waals surface area contributed by atoms with Gasteiger partial charge >= 0.3 is 0 Å². The molecule has 0 aliphatic heterocycles. The van der Waals surface area contributed by atoms with Crippen molar-refractivity contribution in [1.29, 1.82) is 0 Å². The standard InChI is InChI=1S/C16H17NO4S2/c1-12-5-4-8-15(9-12)22(18,19)17-23(20,21)16-10-13-6-2-3-7-14(13)11-16/h2-9,16-17H,10-11H2,1H3. The highest BCUT2D eigenvalue weighted by molar-refractivity contribution is 8.05. The zero-order chi connectivity index (χ0) is 16.7. The molecule has 122 valence electrons. The molecule has 0 amide bonds. The summed E-state index contributed by atoms with van der Waals surface area (Å²) in [4.78, 5) is -0.0448. The molecule has 0 radical (unpaired) electrons. The first-order valence-corrected chi connectivity index (χ1v) is 10.2. The maximum atomic E-state index is 12.5. The van der Waals surface area contributed by atoms with Gasteiger partial charge < -0.3 is 0 Å². The monoisotopic (exact) mass is 351 g/mol. The maximum absolute atomic E-state index is 12.5. The second kappa shape index (κ2) is 5.74. The SMILES string of the molecule is Cc1cccc(S(=O)(=O)NS(=O)(=O)C2Cc3ccccc3C2)c1. The average molecular weight is 351 g/mol. The highest BCUT2D eigenvalue weighted by atomic mass is 32.3. The van der Waals surface area contributed by atoms with E-state index in [9.17, 15) is 16.8 Å². The summed E-state index contributed by atoms with van der Waals surface area (Å²) in [6.45, 7) is 1.75. The number of fused-ring (bicyclic) bond motifs is 1. The topological polar surface area (TPSA) is 80.3 Å². The Morgan fingerprint density at radius 1 is 0.913 bits per heavy atom. The van der Waals surface area contributed by atoms with Crippen molar-refractivity contribution in [2.75, 3.05) is 0 Å². The Labute approximate surface area is 136 Å². The quantitative estimate of drug-likeness (QED) is 0.910. The van der Waals surface area contributed by atoms with Crippen LogP contribution in [0.3, 0.4) is 0 Å². The van der Waals surface area contributed by atoms with Crippen LogP contribution >= 0.6 is 0 Å². The van der Waals surface area contributed by atoms with Crippen LogP contribution in [-0.4, -0.2) is 22.1 Å². The van der Waals surface area contributed by atoms with Crippen molar-refractivity contribution in [2.24, 2.45) is 0 Å². The van der Waals surface area contributed by atoms with Crippen LogP contribution in [0.25, 0.3) is 0 Å². The molecule has 1 aliphatic carbocycles. The maximum Gasteiger partial charge on any atom is 0.253 e. The third kappa shape index (κ3) is 3.31. The van der Waals surface area contributed by atoms with E-state index in [-0.39, 0.29) is 4.90 Å². The van der Waals surface area contributed by atoms with Crippen molar-refractivity contribution in [3.8, 4) is 0 Å². The number of aryl methyl sites for hydroxylation is 1. The predicted octanol–water partition coefficient (Wildman–Crippen LogP) is 1.77. The van der Waals surface area contributed by atoms with E-state index < -0.39 is 25.3 Å². The van der Waals surface area contributed by atoms with Crippen LogP contribution in [0, 0.1) is 6.92 Å². The zero-order valence-electron chi connectivity index (χ0n) is 12.6. The van der Waals surface area contributed by atoms with Crippen LogP contribution in [0.1, 0.15) is 16.7 Å². The largest absolute Gasteiger partial charge is 0.253 e. The smallest absolute Gasteiger partial charge is 0.211 e. The molecule has 0 saturated carbocycles. The van der Waals surface area contributed by atoms with E-state index in [1.165, 1.54) is 12.1 Å². The molecule has 0 saturated heterocycles. The number of benzene rings is 2. The molecule has 2 aromatic rings. The van der Waals surface area contributed by atoms with Crippen molar-refractivity contribution in [3.05, 3.63) is 65.2 Å². The second-order valence-corrected chi connectivity index (χ2v) is 9.65. The van der Waals surface area contributed by atoms with Crippen LogP contribution in [0.5, 0.6) is 0 Å². The Hall–Kier alpha value is -1.70. The highest BCUT2D eigenvalue weighted by Crippen LogP contribution is 2.26. The van der Waals surface area contributed by atoms with Gasteiger partial charge in [-0.05, 0) is 48.6 Å². The van der Waals surface area contributed by atoms with Gasteiger partial charge in [-0.25, -0.2) is 16.8 Å². The Morgan fingerprint density at radius 3 is 2.09 bits per heavy atom. The second-order valence-electron chi connectivity index (χ2n) is 5.75. The van der Waals surface area contributed by atoms with Gasteiger partial charge in [0.05, 0.1) is 10.1 Å². The first-order chi connectivity index (χ1) is 10.8. The molecule has 0 fully saturated rings. The van der Waals surface area contributed by atoms with Gasteiger partial charge in [0.25, 0.3) is 10.0 Å². The number of rotatable bonds is 4.